The molecular weight excluding hydrogens is 318 g/mol. The zero-order valence-electron chi connectivity index (χ0n) is 12.3. The Kier molecular flexibility index (Phi) is 3.91. The van der Waals surface area contributed by atoms with Gasteiger partial charge in [-0.15, -0.1) is 0 Å². The van der Waals surface area contributed by atoms with Gasteiger partial charge in [0.25, 0.3) is 5.91 Å². The fourth-order valence-corrected chi connectivity index (χ4v) is 3.23. The average Bonchev–Trinajstić information content (AvgIpc) is 2.54. The smallest absolute Gasteiger partial charge is 0.267 e. The van der Waals surface area contributed by atoms with Gasteiger partial charge >= 0.3 is 0 Å². The van der Waals surface area contributed by atoms with Crippen LogP contribution in [0.25, 0.3) is 0 Å². The number of para-hydroxylation sites is 2. The Balaban J connectivity index is 1.87. The van der Waals surface area contributed by atoms with Crippen molar-refractivity contribution in [3.63, 3.8) is 0 Å². The predicted molar refractivity (Wildman–Crippen MR) is 85.9 cm³/mol. The van der Waals surface area contributed by atoms with Crippen LogP contribution in [-0.2, 0) is 14.8 Å². The Morgan fingerprint density at radius 1 is 1.26 bits per heavy atom. The van der Waals surface area contributed by atoms with Crippen LogP contribution >= 0.6 is 0 Å². The van der Waals surface area contributed by atoms with Crippen molar-refractivity contribution < 1.29 is 17.9 Å². The monoisotopic (exact) mass is 333 g/mol. The molecule has 0 bridgehead atoms. The third kappa shape index (κ3) is 3.26. The molecule has 0 spiro atoms. The molecule has 1 aliphatic rings. The van der Waals surface area contributed by atoms with Gasteiger partial charge < -0.3 is 10.1 Å². The summed E-state index contributed by atoms with van der Waals surface area (Å²) in [5.41, 5.74) is 1.00. The lowest BCUT2D eigenvalue weighted by Gasteiger charge is -2.33. The summed E-state index contributed by atoms with van der Waals surface area (Å²) in [5, 5.41) is 2.69. The Morgan fingerprint density at radius 3 is 2.65 bits per heavy atom. The molecule has 7 nitrogen and oxygen atoms in total. The van der Waals surface area contributed by atoms with Gasteiger partial charge in [0, 0.05) is 18.1 Å². The maximum atomic E-state index is 12.4. The summed E-state index contributed by atoms with van der Waals surface area (Å²) in [4.78, 5) is 16.2. The van der Waals surface area contributed by atoms with Crippen LogP contribution in [0, 0.1) is 0 Å². The second-order valence-corrected chi connectivity index (χ2v) is 7.00. The highest BCUT2D eigenvalue weighted by Crippen LogP contribution is 2.34. The van der Waals surface area contributed by atoms with E-state index in [0.29, 0.717) is 17.1 Å². The van der Waals surface area contributed by atoms with E-state index in [9.17, 15) is 13.2 Å². The van der Waals surface area contributed by atoms with E-state index in [0.717, 1.165) is 6.26 Å². The summed E-state index contributed by atoms with van der Waals surface area (Å²) < 4.78 is 30.9. The van der Waals surface area contributed by atoms with Crippen molar-refractivity contribution in [2.24, 2.45) is 0 Å². The van der Waals surface area contributed by atoms with Gasteiger partial charge in [0.15, 0.2) is 6.10 Å². The first-order valence-corrected chi connectivity index (χ1v) is 8.74. The fraction of sp³-hybridized carbons (Fsp3) is 0.200. The summed E-state index contributed by atoms with van der Waals surface area (Å²) in [7, 11) is -3.52. The van der Waals surface area contributed by atoms with Gasteiger partial charge in [-0.2, -0.15) is 0 Å². The third-order valence-electron chi connectivity index (χ3n) is 3.38. The van der Waals surface area contributed by atoms with Gasteiger partial charge in [-0.05, 0) is 24.3 Å². The molecular formula is C15H15N3O4S. The molecule has 2 aromatic rings. The van der Waals surface area contributed by atoms with Gasteiger partial charge in [0.2, 0.25) is 10.0 Å². The van der Waals surface area contributed by atoms with Crippen molar-refractivity contribution in [2.75, 3.05) is 22.4 Å². The molecule has 0 fully saturated rings. The van der Waals surface area contributed by atoms with Crippen LogP contribution < -0.4 is 14.4 Å². The lowest BCUT2D eigenvalue weighted by atomic mass is 10.2. The van der Waals surface area contributed by atoms with Crippen LogP contribution in [0.4, 0.5) is 11.4 Å². The minimum Gasteiger partial charge on any atom is -0.476 e. The number of fused-ring (bicyclic) bond motifs is 1. The van der Waals surface area contributed by atoms with E-state index in [-0.39, 0.29) is 6.54 Å². The number of benzene rings is 1. The highest BCUT2D eigenvalue weighted by molar-refractivity contribution is 7.92. The van der Waals surface area contributed by atoms with Gasteiger partial charge in [-0.3, -0.25) is 14.1 Å². The van der Waals surface area contributed by atoms with Crippen LogP contribution in [0.3, 0.4) is 0 Å². The van der Waals surface area contributed by atoms with E-state index in [1.807, 2.05) is 0 Å². The van der Waals surface area contributed by atoms with Crippen molar-refractivity contribution in [1.29, 1.82) is 0 Å². The van der Waals surface area contributed by atoms with E-state index in [1.165, 1.54) is 4.31 Å². The Morgan fingerprint density at radius 2 is 1.96 bits per heavy atom. The average molecular weight is 333 g/mol. The van der Waals surface area contributed by atoms with Crippen molar-refractivity contribution >= 4 is 27.3 Å². The van der Waals surface area contributed by atoms with Crippen LogP contribution in [0.2, 0.25) is 0 Å². The van der Waals surface area contributed by atoms with E-state index >= 15 is 0 Å². The molecule has 1 atom stereocenters. The quantitative estimate of drug-likeness (QED) is 0.913. The van der Waals surface area contributed by atoms with Crippen molar-refractivity contribution in [3.8, 4) is 5.75 Å². The molecule has 8 heteroatoms. The molecule has 1 amide bonds. The molecule has 1 aromatic heterocycles. The largest absolute Gasteiger partial charge is 0.476 e. The minimum absolute atomic E-state index is 0.0766. The molecule has 0 unspecified atom stereocenters. The highest BCUT2D eigenvalue weighted by Gasteiger charge is 2.34. The first kappa shape index (κ1) is 15.3. The first-order chi connectivity index (χ1) is 10.9. The number of carbonyl (C=O) groups excluding carboxylic acids is 1. The molecule has 3 rings (SSSR count). The number of sulfonamides is 1. The summed E-state index contributed by atoms with van der Waals surface area (Å²) in [6, 6.07) is 10.0. The standard InChI is InChI=1S/C15H15N3O4S/c1-23(20,21)18-10-14(22-13-5-3-2-4-12(13)18)15(19)17-11-6-8-16-9-7-11/h2-9,14H,10H2,1H3,(H,16,17,19)/t14-/m1/s1. The number of aromatic nitrogens is 1. The molecule has 0 aliphatic carbocycles. The van der Waals surface area contributed by atoms with Crippen molar-refractivity contribution in [1.82, 2.24) is 4.98 Å². The normalized spacial score (nSPS) is 17.1. The molecule has 23 heavy (non-hydrogen) atoms. The van der Waals surface area contributed by atoms with Crippen LogP contribution in [0.1, 0.15) is 0 Å². The van der Waals surface area contributed by atoms with E-state index in [4.69, 9.17) is 4.74 Å². The van der Waals surface area contributed by atoms with Crippen LogP contribution in [0.15, 0.2) is 48.8 Å². The third-order valence-corrected chi connectivity index (χ3v) is 4.52. The number of ether oxygens (including phenoxy) is 1. The van der Waals surface area contributed by atoms with Crippen LogP contribution in [-0.4, -0.2) is 38.2 Å². The number of nitrogens with zero attached hydrogens (tertiary/aromatic N) is 2. The highest BCUT2D eigenvalue weighted by atomic mass is 32.2. The summed E-state index contributed by atoms with van der Waals surface area (Å²) >= 11 is 0. The molecule has 0 saturated carbocycles. The number of hydrogen-bond donors (Lipinski definition) is 1. The van der Waals surface area contributed by atoms with Gasteiger partial charge in [0.1, 0.15) is 5.75 Å². The lowest BCUT2D eigenvalue weighted by molar-refractivity contribution is -0.122. The number of hydrogen-bond acceptors (Lipinski definition) is 5. The number of pyridine rings is 1. The number of amides is 1. The predicted octanol–water partition coefficient (Wildman–Crippen LogP) is 1.25. The van der Waals surface area contributed by atoms with E-state index in [1.54, 1.807) is 48.8 Å². The molecule has 120 valence electrons. The molecule has 1 aromatic carbocycles. The van der Waals surface area contributed by atoms with Crippen LogP contribution in [0.5, 0.6) is 5.75 Å². The number of rotatable bonds is 3. The Hall–Kier alpha value is -2.61. The molecule has 1 N–H and O–H groups in total. The maximum absolute atomic E-state index is 12.4. The van der Waals surface area contributed by atoms with Crippen molar-refractivity contribution in [3.05, 3.63) is 48.8 Å². The van der Waals surface area contributed by atoms with Gasteiger partial charge in [-0.1, -0.05) is 12.1 Å². The Labute approximate surface area is 134 Å². The lowest BCUT2D eigenvalue weighted by Crippen LogP contribution is -2.48. The Bertz CT molecular complexity index is 824. The zero-order valence-corrected chi connectivity index (χ0v) is 13.2. The topological polar surface area (TPSA) is 88.6 Å². The maximum Gasteiger partial charge on any atom is 0.267 e. The number of anilines is 2. The molecule has 0 saturated heterocycles. The fourth-order valence-electron chi connectivity index (χ4n) is 2.31. The van der Waals surface area contributed by atoms with Crippen molar-refractivity contribution in [2.45, 2.75) is 6.10 Å². The van der Waals surface area contributed by atoms with E-state index in [2.05, 4.69) is 10.3 Å². The second kappa shape index (κ2) is 5.88. The number of nitrogens with one attached hydrogen (secondary N) is 1. The zero-order chi connectivity index (χ0) is 16.4. The SMILES string of the molecule is CS(=O)(=O)N1C[C@H](C(=O)Nc2ccncc2)Oc2ccccc21. The summed E-state index contributed by atoms with van der Waals surface area (Å²) in [5.74, 6) is -0.0570. The molecule has 2 heterocycles. The summed E-state index contributed by atoms with van der Waals surface area (Å²) in [6.45, 7) is -0.0766. The van der Waals surface area contributed by atoms with E-state index < -0.39 is 22.0 Å². The molecule has 0 radical (unpaired) electrons. The first-order valence-electron chi connectivity index (χ1n) is 6.89. The second-order valence-electron chi connectivity index (χ2n) is 5.09. The van der Waals surface area contributed by atoms with Gasteiger partial charge in [-0.25, -0.2) is 8.42 Å². The molecule has 1 aliphatic heterocycles. The van der Waals surface area contributed by atoms with Gasteiger partial charge in [0.05, 0.1) is 18.5 Å². The summed E-state index contributed by atoms with van der Waals surface area (Å²) in [6.07, 6.45) is 3.27. The number of carbonyl (C=O) groups is 1. The minimum atomic E-state index is -3.52.